The van der Waals surface area contributed by atoms with E-state index in [1.54, 1.807) is 24.4 Å². The van der Waals surface area contributed by atoms with Crippen LogP contribution in [0.3, 0.4) is 0 Å². The van der Waals surface area contributed by atoms with Gasteiger partial charge in [0.05, 0.1) is 11.6 Å². The highest BCUT2D eigenvalue weighted by Gasteiger charge is 2.15. The smallest absolute Gasteiger partial charge is 0.380 e. The maximum absolute atomic E-state index is 12.3. The van der Waals surface area contributed by atoms with Gasteiger partial charge in [0, 0.05) is 12.5 Å². The predicted octanol–water partition coefficient (Wildman–Crippen LogP) is 1.04. The summed E-state index contributed by atoms with van der Waals surface area (Å²) in [6.45, 7) is 0. The zero-order valence-corrected chi connectivity index (χ0v) is 10.1. The van der Waals surface area contributed by atoms with Crippen molar-refractivity contribution >= 4 is 5.71 Å². The SMILES string of the molecule is O=c1oc2cccc[n+]2c([O-])c1Cc1ccccc1. The van der Waals surface area contributed by atoms with Crippen molar-refractivity contribution in [1.29, 1.82) is 0 Å². The van der Waals surface area contributed by atoms with Crippen molar-refractivity contribution in [1.82, 2.24) is 0 Å². The van der Waals surface area contributed by atoms with E-state index < -0.39 is 5.63 Å². The van der Waals surface area contributed by atoms with Crippen molar-refractivity contribution in [3.8, 4) is 5.88 Å². The molecule has 0 saturated heterocycles. The van der Waals surface area contributed by atoms with Crippen LogP contribution in [-0.4, -0.2) is 0 Å². The van der Waals surface area contributed by atoms with Crippen LogP contribution in [0.2, 0.25) is 0 Å². The molecule has 0 aliphatic rings. The van der Waals surface area contributed by atoms with Gasteiger partial charge in [-0.15, -0.1) is 4.40 Å². The summed E-state index contributed by atoms with van der Waals surface area (Å²) in [6.07, 6.45) is 1.87. The Hall–Kier alpha value is -2.62. The van der Waals surface area contributed by atoms with E-state index in [0.717, 1.165) is 5.56 Å². The Morgan fingerprint density at radius 1 is 1.05 bits per heavy atom. The Balaban J connectivity index is 2.16. The van der Waals surface area contributed by atoms with E-state index in [1.807, 2.05) is 30.3 Å². The highest BCUT2D eigenvalue weighted by atomic mass is 16.4. The Bertz CT molecular complexity index is 778. The van der Waals surface area contributed by atoms with Crippen LogP contribution in [0.1, 0.15) is 11.1 Å². The maximum Gasteiger partial charge on any atom is 0.380 e. The van der Waals surface area contributed by atoms with Gasteiger partial charge in [0.1, 0.15) is 0 Å². The molecule has 3 aromatic rings. The van der Waals surface area contributed by atoms with Gasteiger partial charge >= 0.3 is 11.3 Å². The zero-order chi connectivity index (χ0) is 13.2. The maximum atomic E-state index is 12.3. The van der Waals surface area contributed by atoms with Crippen LogP contribution in [0, 0.1) is 0 Å². The number of fused-ring (bicyclic) bond motifs is 1. The molecule has 94 valence electrons. The normalized spacial score (nSPS) is 10.7. The van der Waals surface area contributed by atoms with Gasteiger partial charge < -0.3 is 9.52 Å². The van der Waals surface area contributed by atoms with Crippen LogP contribution >= 0.6 is 0 Å². The van der Waals surface area contributed by atoms with Crippen LogP contribution in [0.5, 0.6) is 5.88 Å². The minimum absolute atomic E-state index is 0.148. The lowest BCUT2D eigenvalue weighted by Gasteiger charge is -2.07. The number of hydrogen-bond acceptors (Lipinski definition) is 3. The number of pyridine rings is 1. The van der Waals surface area contributed by atoms with Crippen molar-refractivity contribution in [3.63, 3.8) is 0 Å². The molecular weight excluding hydrogens is 242 g/mol. The molecule has 4 nitrogen and oxygen atoms in total. The van der Waals surface area contributed by atoms with Gasteiger partial charge in [-0.1, -0.05) is 30.3 Å². The summed E-state index contributed by atoms with van der Waals surface area (Å²) in [5.41, 5.74) is 0.743. The number of hydrogen-bond donors (Lipinski definition) is 0. The van der Waals surface area contributed by atoms with Crippen LogP contribution in [0.4, 0.5) is 0 Å². The molecule has 0 unspecified atom stereocenters. The van der Waals surface area contributed by atoms with E-state index in [2.05, 4.69) is 0 Å². The summed E-state index contributed by atoms with van der Waals surface area (Å²) in [7, 11) is 0. The Labute approximate surface area is 109 Å². The van der Waals surface area contributed by atoms with Crippen LogP contribution in [-0.2, 0) is 6.42 Å². The van der Waals surface area contributed by atoms with Crippen molar-refractivity contribution < 1.29 is 13.9 Å². The topological polar surface area (TPSA) is 57.4 Å². The number of benzene rings is 1. The highest BCUT2D eigenvalue weighted by Crippen LogP contribution is 2.11. The molecule has 0 radical (unpaired) electrons. The lowest BCUT2D eigenvalue weighted by atomic mass is 10.1. The van der Waals surface area contributed by atoms with E-state index in [4.69, 9.17) is 4.42 Å². The molecule has 2 heterocycles. The fraction of sp³-hybridized carbons (Fsp3) is 0.0667. The average molecular weight is 253 g/mol. The molecule has 0 atom stereocenters. The van der Waals surface area contributed by atoms with E-state index >= 15 is 0 Å². The third-order valence-corrected chi connectivity index (χ3v) is 2.97. The molecule has 0 amide bonds. The Kier molecular flexibility index (Phi) is 2.76. The van der Waals surface area contributed by atoms with Gasteiger partial charge in [0.15, 0.2) is 12.1 Å². The molecule has 0 N–H and O–H groups in total. The van der Waals surface area contributed by atoms with Crippen molar-refractivity contribution in [2.24, 2.45) is 0 Å². The standard InChI is InChI=1S/C15H11NO3/c17-14-12(10-11-6-2-1-3-7-11)15(18)19-13-8-4-5-9-16(13)14/h1-9H,10H2. The first-order chi connectivity index (χ1) is 9.25. The molecule has 0 fully saturated rings. The third-order valence-electron chi connectivity index (χ3n) is 2.97. The fourth-order valence-corrected chi connectivity index (χ4v) is 2.02. The van der Waals surface area contributed by atoms with Crippen LogP contribution in [0.15, 0.2) is 63.9 Å². The number of nitrogens with zero attached hydrogens (tertiary/aromatic N) is 1. The molecule has 0 bridgehead atoms. The van der Waals surface area contributed by atoms with Crippen molar-refractivity contribution in [3.05, 3.63) is 76.3 Å². The molecular formula is C15H11NO3. The Morgan fingerprint density at radius 2 is 1.79 bits per heavy atom. The molecule has 0 saturated carbocycles. The molecule has 3 rings (SSSR count). The molecule has 2 aromatic heterocycles. The fourth-order valence-electron chi connectivity index (χ4n) is 2.02. The minimum Gasteiger partial charge on any atom is -0.822 e. The first-order valence-corrected chi connectivity index (χ1v) is 5.93. The second-order valence-electron chi connectivity index (χ2n) is 4.24. The average Bonchev–Trinajstić information content (AvgIpc) is 2.45. The van der Waals surface area contributed by atoms with Crippen LogP contribution < -0.4 is 15.1 Å². The molecule has 0 aliphatic heterocycles. The third kappa shape index (κ3) is 2.08. The van der Waals surface area contributed by atoms with Gasteiger partial charge in [-0.25, -0.2) is 4.79 Å². The van der Waals surface area contributed by atoms with Gasteiger partial charge in [0.2, 0.25) is 0 Å². The summed E-state index contributed by atoms with van der Waals surface area (Å²) in [5, 5.41) is 12.3. The second kappa shape index (κ2) is 4.57. The quantitative estimate of drug-likeness (QED) is 0.641. The summed E-state index contributed by atoms with van der Waals surface area (Å²) < 4.78 is 6.50. The van der Waals surface area contributed by atoms with Gasteiger partial charge in [-0.2, -0.15) is 0 Å². The van der Waals surface area contributed by atoms with Gasteiger partial charge in [-0.3, -0.25) is 0 Å². The van der Waals surface area contributed by atoms with Crippen molar-refractivity contribution in [2.45, 2.75) is 6.42 Å². The predicted molar refractivity (Wildman–Crippen MR) is 66.8 cm³/mol. The number of rotatable bonds is 2. The summed E-state index contributed by atoms with van der Waals surface area (Å²) in [4.78, 5) is 11.9. The Morgan fingerprint density at radius 3 is 2.58 bits per heavy atom. The van der Waals surface area contributed by atoms with Gasteiger partial charge in [-0.05, 0) is 11.6 Å². The van der Waals surface area contributed by atoms with Crippen molar-refractivity contribution in [2.75, 3.05) is 0 Å². The monoisotopic (exact) mass is 253 g/mol. The van der Waals surface area contributed by atoms with E-state index in [1.165, 1.54) is 4.40 Å². The van der Waals surface area contributed by atoms with E-state index in [9.17, 15) is 9.90 Å². The van der Waals surface area contributed by atoms with Gasteiger partial charge in [0.25, 0.3) is 0 Å². The summed E-state index contributed by atoms with van der Waals surface area (Å²) in [6, 6.07) is 14.4. The largest absolute Gasteiger partial charge is 0.822 e. The lowest BCUT2D eigenvalue weighted by Crippen LogP contribution is -2.32. The summed E-state index contributed by atoms with van der Waals surface area (Å²) in [5.74, 6) is -0.323. The second-order valence-corrected chi connectivity index (χ2v) is 4.24. The summed E-state index contributed by atoms with van der Waals surface area (Å²) >= 11 is 0. The molecule has 0 spiro atoms. The first-order valence-electron chi connectivity index (χ1n) is 5.93. The zero-order valence-electron chi connectivity index (χ0n) is 10.1. The van der Waals surface area contributed by atoms with E-state index in [0.29, 0.717) is 0 Å². The minimum atomic E-state index is -0.569. The highest BCUT2D eigenvalue weighted by molar-refractivity contribution is 5.31. The number of aromatic nitrogens is 1. The van der Waals surface area contributed by atoms with Crippen LogP contribution in [0.25, 0.3) is 5.71 Å². The molecule has 0 aliphatic carbocycles. The molecule has 4 heteroatoms. The lowest BCUT2D eigenvalue weighted by molar-refractivity contribution is -0.593. The molecule has 1 aromatic carbocycles. The first kappa shape index (κ1) is 11.5. The molecule has 19 heavy (non-hydrogen) atoms. The van der Waals surface area contributed by atoms with E-state index in [-0.39, 0.29) is 23.6 Å².